The van der Waals surface area contributed by atoms with E-state index in [4.69, 9.17) is 0 Å². The van der Waals surface area contributed by atoms with Gasteiger partial charge in [-0.3, -0.25) is 14.9 Å². The standard InChI is InChI=1S/C18H12Br2N8O3/c19-13-8-12(28(30)31)9-14(20)16(13)21-18(29)15-6-7-26(23-15)10-27-24-17(22-25-27)11-4-2-1-3-5-11/h1-9H,10H2,(H,21,29). The summed E-state index contributed by atoms with van der Waals surface area (Å²) in [6.45, 7) is 0.165. The minimum Gasteiger partial charge on any atom is -0.319 e. The van der Waals surface area contributed by atoms with E-state index in [2.05, 4.69) is 57.7 Å². The van der Waals surface area contributed by atoms with Gasteiger partial charge in [-0.25, -0.2) is 4.68 Å². The van der Waals surface area contributed by atoms with E-state index in [9.17, 15) is 14.9 Å². The van der Waals surface area contributed by atoms with Crippen LogP contribution in [0.3, 0.4) is 0 Å². The number of non-ortho nitro benzene ring substituents is 1. The van der Waals surface area contributed by atoms with Gasteiger partial charge in [-0.15, -0.1) is 15.0 Å². The van der Waals surface area contributed by atoms with Crippen molar-refractivity contribution in [1.82, 2.24) is 30.0 Å². The molecule has 0 atom stereocenters. The van der Waals surface area contributed by atoms with Crippen LogP contribution in [0.4, 0.5) is 11.4 Å². The van der Waals surface area contributed by atoms with E-state index in [1.807, 2.05) is 30.3 Å². The molecule has 0 saturated heterocycles. The van der Waals surface area contributed by atoms with Crippen LogP contribution in [0.5, 0.6) is 0 Å². The monoisotopic (exact) mass is 546 g/mol. The number of aromatic nitrogens is 6. The molecule has 0 saturated carbocycles. The number of nitrogens with zero attached hydrogens (tertiary/aromatic N) is 7. The van der Waals surface area contributed by atoms with Crippen LogP contribution >= 0.6 is 31.9 Å². The van der Waals surface area contributed by atoms with Gasteiger partial charge in [-0.05, 0) is 43.1 Å². The van der Waals surface area contributed by atoms with Crippen LogP contribution < -0.4 is 5.32 Å². The van der Waals surface area contributed by atoms with Crippen LogP contribution in [0, 0.1) is 10.1 Å². The molecule has 1 amide bonds. The smallest absolute Gasteiger partial charge is 0.276 e. The molecular formula is C18H12Br2N8O3. The Hall–Kier alpha value is -3.45. The number of hydrogen-bond acceptors (Lipinski definition) is 7. The highest BCUT2D eigenvalue weighted by Crippen LogP contribution is 2.35. The van der Waals surface area contributed by atoms with E-state index in [0.29, 0.717) is 20.5 Å². The SMILES string of the molecule is O=C(Nc1c(Br)cc([N+](=O)[O-])cc1Br)c1ccn(Cn2nnc(-c3ccccc3)n2)n1. The Kier molecular flexibility index (Phi) is 5.86. The fraction of sp³-hybridized carbons (Fsp3) is 0.0556. The summed E-state index contributed by atoms with van der Waals surface area (Å²) >= 11 is 6.47. The molecule has 0 radical (unpaired) electrons. The summed E-state index contributed by atoms with van der Waals surface area (Å²) in [5.41, 5.74) is 1.24. The number of carbonyl (C=O) groups is 1. The molecule has 13 heteroatoms. The number of benzene rings is 2. The third kappa shape index (κ3) is 4.67. The maximum atomic E-state index is 12.6. The van der Waals surface area contributed by atoms with Gasteiger partial charge in [0.25, 0.3) is 11.6 Å². The van der Waals surface area contributed by atoms with Crippen molar-refractivity contribution in [1.29, 1.82) is 0 Å². The molecule has 0 aliphatic rings. The van der Waals surface area contributed by atoms with Crippen molar-refractivity contribution >= 4 is 49.1 Å². The number of halogens is 2. The second kappa shape index (κ2) is 8.73. The lowest BCUT2D eigenvalue weighted by Gasteiger charge is -2.08. The van der Waals surface area contributed by atoms with Crippen molar-refractivity contribution in [2.75, 3.05) is 5.32 Å². The fourth-order valence-electron chi connectivity index (χ4n) is 2.66. The lowest BCUT2D eigenvalue weighted by atomic mass is 10.2. The second-order valence-corrected chi connectivity index (χ2v) is 7.94. The average molecular weight is 548 g/mol. The van der Waals surface area contributed by atoms with Crippen molar-refractivity contribution in [2.24, 2.45) is 0 Å². The predicted octanol–water partition coefficient (Wildman–Crippen LogP) is 3.73. The van der Waals surface area contributed by atoms with E-state index in [-0.39, 0.29) is 18.1 Å². The van der Waals surface area contributed by atoms with Crippen molar-refractivity contribution < 1.29 is 9.72 Å². The third-order valence-electron chi connectivity index (χ3n) is 4.11. The number of hydrogen-bond donors (Lipinski definition) is 1. The van der Waals surface area contributed by atoms with Gasteiger partial charge in [-0.2, -0.15) is 5.10 Å². The van der Waals surface area contributed by atoms with E-state index in [0.717, 1.165) is 5.56 Å². The molecule has 0 spiro atoms. The first kappa shape index (κ1) is 20.8. The number of anilines is 1. The van der Waals surface area contributed by atoms with E-state index >= 15 is 0 Å². The van der Waals surface area contributed by atoms with Gasteiger partial charge in [0.2, 0.25) is 5.82 Å². The molecule has 31 heavy (non-hydrogen) atoms. The van der Waals surface area contributed by atoms with Gasteiger partial charge >= 0.3 is 0 Å². The van der Waals surface area contributed by atoms with Gasteiger partial charge in [0.1, 0.15) is 0 Å². The van der Waals surface area contributed by atoms with E-state index in [1.165, 1.54) is 27.7 Å². The molecule has 4 aromatic rings. The van der Waals surface area contributed by atoms with Gasteiger partial charge in [0.05, 0.1) is 10.6 Å². The summed E-state index contributed by atoms with van der Waals surface area (Å²) in [6.07, 6.45) is 1.61. The molecule has 2 aromatic carbocycles. The predicted molar refractivity (Wildman–Crippen MR) is 117 cm³/mol. The summed E-state index contributed by atoms with van der Waals surface area (Å²) in [5.74, 6) is 0.00382. The molecule has 0 unspecified atom stereocenters. The molecule has 0 aliphatic carbocycles. The van der Waals surface area contributed by atoms with Crippen molar-refractivity contribution in [2.45, 2.75) is 6.67 Å². The number of tetrazole rings is 1. The molecule has 0 fully saturated rings. The van der Waals surface area contributed by atoms with Gasteiger partial charge in [0.15, 0.2) is 12.4 Å². The first-order chi connectivity index (χ1) is 14.9. The highest BCUT2D eigenvalue weighted by molar-refractivity contribution is 9.11. The van der Waals surface area contributed by atoms with E-state index < -0.39 is 10.8 Å². The molecule has 2 heterocycles. The molecule has 0 aliphatic heterocycles. The Morgan fingerprint density at radius 1 is 1.10 bits per heavy atom. The number of carbonyl (C=O) groups excluding carboxylic acids is 1. The van der Waals surface area contributed by atoms with Crippen LogP contribution in [0.25, 0.3) is 11.4 Å². The molecular weight excluding hydrogens is 536 g/mol. The van der Waals surface area contributed by atoms with Gasteiger partial charge < -0.3 is 5.32 Å². The summed E-state index contributed by atoms with van der Waals surface area (Å²) in [7, 11) is 0. The van der Waals surface area contributed by atoms with Crippen LogP contribution in [0.1, 0.15) is 10.5 Å². The Labute approximate surface area is 191 Å². The normalized spacial score (nSPS) is 10.8. The molecule has 2 aromatic heterocycles. The fourth-order valence-corrected chi connectivity index (χ4v) is 4.02. The zero-order valence-electron chi connectivity index (χ0n) is 15.5. The maximum Gasteiger partial charge on any atom is 0.276 e. The van der Waals surface area contributed by atoms with Crippen LogP contribution in [-0.2, 0) is 6.67 Å². The average Bonchev–Trinajstić information content (AvgIpc) is 3.41. The van der Waals surface area contributed by atoms with Crippen molar-refractivity contribution in [3.63, 3.8) is 0 Å². The zero-order valence-corrected chi connectivity index (χ0v) is 18.7. The quantitative estimate of drug-likeness (QED) is 0.287. The third-order valence-corrected chi connectivity index (χ3v) is 5.36. The topological polar surface area (TPSA) is 134 Å². The van der Waals surface area contributed by atoms with Crippen molar-refractivity contribution in [3.8, 4) is 11.4 Å². The summed E-state index contributed by atoms with van der Waals surface area (Å²) in [6, 6.07) is 13.6. The molecule has 1 N–H and O–H groups in total. The van der Waals surface area contributed by atoms with Crippen LogP contribution in [0.2, 0.25) is 0 Å². The number of rotatable bonds is 6. The minimum atomic E-state index is -0.524. The first-order valence-electron chi connectivity index (χ1n) is 8.72. The number of nitro groups is 1. The number of nitro benzene ring substituents is 1. The Balaban J connectivity index is 1.46. The summed E-state index contributed by atoms with van der Waals surface area (Å²) < 4.78 is 2.22. The number of amides is 1. The van der Waals surface area contributed by atoms with Gasteiger partial charge in [0, 0.05) is 32.8 Å². The molecule has 4 rings (SSSR count). The van der Waals surface area contributed by atoms with Crippen LogP contribution in [-0.4, -0.2) is 40.8 Å². The largest absolute Gasteiger partial charge is 0.319 e. The van der Waals surface area contributed by atoms with Crippen LogP contribution in [0.15, 0.2) is 63.7 Å². The Morgan fingerprint density at radius 2 is 1.81 bits per heavy atom. The highest BCUT2D eigenvalue weighted by Gasteiger charge is 2.18. The lowest BCUT2D eigenvalue weighted by molar-refractivity contribution is -0.385. The first-order valence-corrected chi connectivity index (χ1v) is 10.3. The van der Waals surface area contributed by atoms with Crippen molar-refractivity contribution in [3.05, 3.63) is 79.5 Å². The lowest BCUT2D eigenvalue weighted by Crippen LogP contribution is -2.16. The second-order valence-electron chi connectivity index (χ2n) is 6.23. The maximum absolute atomic E-state index is 12.6. The molecule has 11 nitrogen and oxygen atoms in total. The Bertz CT molecular complexity index is 1250. The summed E-state index contributed by atoms with van der Waals surface area (Å²) in [4.78, 5) is 24.4. The molecule has 156 valence electrons. The van der Waals surface area contributed by atoms with Gasteiger partial charge in [-0.1, -0.05) is 30.3 Å². The summed E-state index contributed by atoms with van der Waals surface area (Å²) in [5, 5.41) is 30.2. The minimum absolute atomic E-state index is 0.115. The Morgan fingerprint density at radius 3 is 2.48 bits per heavy atom. The number of nitrogens with one attached hydrogen (secondary N) is 1. The molecule has 0 bridgehead atoms. The van der Waals surface area contributed by atoms with E-state index in [1.54, 1.807) is 6.20 Å². The zero-order chi connectivity index (χ0) is 22.0. The highest BCUT2D eigenvalue weighted by atomic mass is 79.9.